The summed E-state index contributed by atoms with van der Waals surface area (Å²) in [5.74, 6) is -2.35. The van der Waals surface area contributed by atoms with Gasteiger partial charge in [0, 0.05) is 6.42 Å². The average molecular weight is 273 g/mol. The number of imide groups is 1. The molecular weight excluding hydrogens is 258 g/mol. The maximum Gasteiger partial charge on any atom is 0.330 e. The molecular formula is C15H15NO4. The summed E-state index contributed by atoms with van der Waals surface area (Å²) in [6.07, 6.45) is 1.53. The van der Waals surface area contributed by atoms with Crippen LogP contribution in [0.5, 0.6) is 0 Å². The molecule has 2 aliphatic rings. The zero-order valence-corrected chi connectivity index (χ0v) is 10.9. The number of carbonyl (C=O) groups is 3. The molecule has 0 radical (unpaired) electrons. The van der Waals surface area contributed by atoms with Gasteiger partial charge in [0.15, 0.2) is 0 Å². The fourth-order valence-electron chi connectivity index (χ4n) is 3.07. The molecule has 2 fully saturated rings. The zero-order valence-electron chi connectivity index (χ0n) is 10.9. The summed E-state index contributed by atoms with van der Waals surface area (Å²) in [5.41, 5.74) is -0.522. The third-order valence-electron chi connectivity index (χ3n) is 4.36. The first-order chi connectivity index (χ1) is 9.56. The number of carbonyl (C=O) groups excluding carboxylic acids is 2. The van der Waals surface area contributed by atoms with Crippen LogP contribution in [0.3, 0.4) is 0 Å². The van der Waals surface area contributed by atoms with Gasteiger partial charge in [-0.15, -0.1) is 0 Å². The van der Waals surface area contributed by atoms with Gasteiger partial charge in [0.2, 0.25) is 11.8 Å². The number of benzene rings is 1. The summed E-state index contributed by atoms with van der Waals surface area (Å²) >= 11 is 0. The molecule has 20 heavy (non-hydrogen) atoms. The highest BCUT2D eigenvalue weighted by atomic mass is 16.4. The van der Waals surface area contributed by atoms with Gasteiger partial charge in [-0.25, -0.2) is 4.79 Å². The van der Waals surface area contributed by atoms with Gasteiger partial charge in [-0.2, -0.15) is 0 Å². The largest absolute Gasteiger partial charge is 0.479 e. The number of hydrogen-bond donors (Lipinski definition) is 1. The molecule has 1 saturated carbocycles. The fourth-order valence-corrected chi connectivity index (χ4v) is 3.07. The van der Waals surface area contributed by atoms with Gasteiger partial charge < -0.3 is 5.11 Å². The molecule has 1 N–H and O–H groups in total. The first-order valence-corrected chi connectivity index (χ1v) is 6.71. The lowest BCUT2D eigenvalue weighted by Crippen LogP contribution is -2.61. The molecule has 1 atom stereocenters. The van der Waals surface area contributed by atoms with Crippen molar-refractivity contribution in [3.05, 3.63) is 35.9 Å². The summed E-state index contributed by atoms with van der Waals surface area (Å²) in [5, 5.41) is 9.39. The van der Waals surface area contributed by atoms with E-state index in [9.17, 15) is 19.5 Å². The van der Waals surface area contributed by atoms with Crippen LogP contribution in [0.15, 0.2) is 30.3 Å². The molecule has 0 aromatic heterocycles. The fraction of sp³-hybridized carbons (Fsp3) is 0.400. The maximum atomic E-state index is 12.5. The van der Waals surface area contributed by atoms with Crippen LogP contribution in [0.2, 0.25) is 0 Å². The van der Waals surface area contributed by atoms with E-state index in [1.165, 1.54) is 0 Å². The lowest BCUT2D eigenvalue weighted by molar-refractivity contribution is -0.169. The first-order valence-electron chi connectivity index (χ1n) is 6.71. The molecule has 1 saturated heterocycles. The minimum absolute atomic E-state index is 0.0673. The molecule has 1 unspecified atom stereocenters. The van der Waals surface area contributed by atoms with Crippen molar-refractivity contribution in [3.8, 4) is 0 Å². The van der Waals surface area contributed by atoms with Crippen LogP contribution in [0.4, 0.5) is 0 Å². The van der Waals surface area contributed by atoms with Crippen molar-refractivity contribution < 1.29 is 19.5 Å². The molecule has 2 amide bonds. The van der Waals surface area contributed by atoms with Crippen molar-refractivity contribution in [2.45, 2.75) is 37.1 Å². The average Bonchev–Trinajstić information content (AvgIpc) is 2.67. The van der Waals surface area contributed by atoms with E-state index in [-0.39, 0.29) is 18.2 Å². The molecule has 0 bridgehead atoms. The molecule has 5 heteroatoms. The van der Waals surface area contributed by atoms with Crippen LogP contribution < -0.4 is 0 Å². The number of carboxylic acid groups (broad SMARTS) is 1. The highest BCUT2D eigenvalue weighted by Crippen LogP contribution is 2.43. The lowest BCUT2D eigenvalue weighted by Gasteiger charge is -2.43. The second-order valence-corrected chi connectivity index (χ2v) is 5.43. The molecule has 1 aromatic carbocycles. The number of amides is 2. The predicted molar refractivity (Wildman–Crippen MR) is 69.9 cm³/mol. The normalized spacial score (nSPS) is 24.6. The van der Waals surface area contributed by atoms with E-state index < -0.39 is 17.4 Å². The van der Waals surface area contributed by atoms with E-state index in [0.29, 0.717) is 12.8 Å². The number of aliphatic carboxylic acids is 1. The Morgan fingerprint density at radius 1 is 1.20 bits per heavy atom. The van der Waals surface area contributed by atoms with Crippen molar-refractivity contribution >= 4 is 17.8 Å². The predicted octanol–water partition coefficient (Wildman–Crippen LogP) is 1.54. The van der Waals surface area contributed by atoms with Crippen LogP contribution in [-0.4, -0.2) is 33.3 Å². The van der Waals surface area contributed by atoms with Gasteiger partial charge in [-0.1, -0.05) is 30.3 Å². The maximum absolute atomic E-state index is 12.5. The lowest BCUT2D eigenvalue weighted by atomic mass is 9.75. The number of likely N-dealkylation sites (tertiary alicyclic amines) is 1. The number of nitrogens with zero attached hydrogens (tertiary/aromatic N) is 1. The van der Waals surface area contributed by atoms with Crippen LogP contribution in [-0.2, 0) is 14.4 Å². The topological polar surface area (TPSA) is 74.7 Å². The van der Waals surface area contributed by atoms with E-state index in [1.807, 2.05) is 18.2 Å². The number of carboxylic acids is 1. The molecule has 5 nitrogen and oxygen atoms in total. The standard InChI is InChI=1S/C15H15NO4/c17-12-9-11(10-5-2-1-3-6-10)13(18)16(12)15(14(19)20)7-4-8-15/h1-3,5-6,11H,4,7-9H2,(H,19,20). The van der Waals surface area contributed by atoms with Crippen LogP contribution in [0, 0.1) is 0 Å². The Morgan fingerprint density at radius 2 is 1.85 bits per heavy atom. The Kier molecular flexibility index (Phi) is 2.85. The van der Waals surface area contributed by atoms with Gasteiger partial charge in [0.25, 0.3) is 0 Å². The van der Waals surface area contributed by atoms with Crippen LogP contribution >= 0.6 is 0 Å². The van der Waals surface area contributed by atoms with Gasteiger partial charge >= 0.3 is 5.97 Å². The van der Waals surface area contributed by atoms with Gasteiger partial charge in [0.1, 0.15) is 5.54 Å². The van der Waals surface area contributed by atoms with E-state index in [2.05, 4.69) is 0 Å². The minimum Gasteiger partial charge on any atom is -0.479 e. The van der Waals surface area contributed by atoms with Gasteiger partial charge in [0.05, 0.1) is 5.92 Å². The van der Waals surface area contributed by atoms with Crippen LogP contribution in [0.1, 0.15) is 37.2 Å². The summed E-state index contributed by atoms with van der Waals surface area (Å²) < 4.78 is 0. The monoisotopic (exact) mass is 273 g/mol. The SMILES string of the molecule is O=C1CC(c2ccccc2)C(=O)N1C1(C(=O)O)CCC1. The Balaban J connectivity index is 1.94. The van der Waals surface area contributed by atoms with E-state index in [4.69, 9.17) is 0 Å². The second-order valence-electron chi connectivity index (χ2n) is 5.43. The van der Waals surface area contributed by atoms with Crippen molar-refractivity contribution in [1.29, 1.82) is 0 Å². The summed E-state index contributed by atoms with van der Waals surface area (Å²) in [4.78, 5) is 37.1. The zero-order chi connectivity index (χ0) is 14.3. The Morgan fingerprint density at radius 3 is 2.35 bits per heavy atom. The highest BCUT2D eigenvalue weighted by Gasteiger charge is 2.58. The minimum atomic E-state index is -1.29. The molecule has 1 aliphatic heterocycles. The third kappa shape index (κ3) is 1.66. The Labute approximate surface area is 116 Å². The van der Waals surface area contributed by atoms with Gasteiger partial charge in [-0.05, 0) is 24.8 Å². The van der Waals surface area contributed by atoms with Crippen molar-refractivity contribution in [2.24, 2.45) is 0 Å². The highest BCUT2D eigenvalue weighted by molar-refractivity contribution is 6.10. The van der Waals surface area contributed by atoms with Crippen LogP contribution in [0.25, 0.3) is 0 Å². The molecule has 1 heterocycles. The Hall–Kier alpha value is -2.17. The van der Waals surface area contributed by atoms with Crippen molar-refractivity contribution in [3.63, 3.8) is 0 Å². The molecule has 0 spiro atoms. The van der Waals surface area contributed by atoms with Crippen molar-refractivity contribution in [1.82, 2.24) is 4.90 Å². The van der Waals surface area contributed by atoms with E-state index >= 15 is 0 Å². The smallest absolute Gasteiger partial charge is 0.330 e. The molecule has 104 valence electrons. The summed E-state index contributed by atoms with van der Waals surface area (Å²) in [7, 11) is 0. The summed E-state index contributed by atoms with van der Waals surface area (Å²) in [6.45, 7) is 0. The second kappa shape index (κ2) is 4.44. The Bertz CT molecular complexity index is 577. The number of rotatable bonds is 3. The molecule has 1 aromatic rings. The van der Waals surface area contributed by atoms with Crippen molar-refractivity contribution in [2.75, 3.05) is 0 Å². The first kappa shape index (κ1) is 12.8. The van der Waals surface area contributed by atoms with E-state index in [1.54, 1.807) is 12.1 Å². The van der Waals surface area contributed by atoms with E-state index in [0.717, 1.165) is 16.9 Å². The quantitative estimate of drug-likeness (QED) is 0.848. The van der Waals surface area contributed by atoms with Gasteiger partial charge in [-0.3, -0.25) is 14.5 Å². The number of hydrogen-bond acceptors (Lipinski definition) is 3. The summed E-state index contributed by atoms with van der Waals surface area (Å²) in [6, 6.07) is 9.06. The third-order valence-corrected chi connectivity index (χ3v) is 4.36. The molecule has 1 aliphatic carbocycles. The molecule has 3 rings (SSSR count).